The molecule has 4 rings (SSSR count). The maximum Gasteiger partial charge on any atom is 0.354 e. The fourth-order valence-electron chi connectivity index (χ4n) is 3.28. The van der Waals surface area contributed by atoms with Crippen LogP contribution in [0, 0.1) is 6.92 Å². The number of rotatable bonds is 4. The van der Waals surface area contributed by atoms with Crippen molar-refractivity contribution < 1.29 is 9.90 Å². The molecule has 0 fully saturated rings. The highest BCUT2D eigenvalue weighted by Gasteiger charge is 2.15. The Hall–Kier alpha value is -3.40. The fourth-order valence-corrected chi connectivity index (χ4v) is 3.28. The molecule has 0 bridgehead atoms. The van der Waals surface area contributed by atoms with E-state index >= 15 is 0 Å². The Morgan fingerprint density at radius 1 is 1.04 bits per heavy atom. The summed E-state index contributed by atoms with van der Waals surface area (Å²) in [5.41, 5.74) is 6.35. The van der Waals surface area contributed by atoms with Gasteiger partial charge in [0.25, 0.3) is 0 Å². The van der Waals surface area contributed by atoms with E-state index in [1.54, 1.807) is 6.07 Å². The van der Waals surface area contributed by atoms with Crippen molar-refractivity contribution in [3.8, 4) is 11.3 Å². The molecular weight excluding hydrogens is 324 g/mol. The molecule has 0 aliphatic rings. The van der Waals surface area contributed by atoms with Crippen LogP contribution in [0.15, 0.2) is 66.7 Å². The van der Waals surface area contributed by atoms with Crippen molar-refractivity contribution in [3.05, 3.63) is 89.2 Å². The summed E-state index contributed by atoms with van der Waals surface area (Å²) < 4.78 is 0. The van der Waals surface area contributed by atoms with E-state index in [9.17, 15) is 9.90 Å². The molecule has 0 atom stereocenters. The van der Waals surface area contributed by atoms with E-state index in [0.717, 1.165) is 33.4 Å². The van der Waals surface area contributed by atoms with Gasteiger partial charge in [0.2, 0.25) is 0 Å². The quantitative estimate of drug-likeness (QED) is 0.558. The first-order valence-corrected chi connectivity index (χ1v) is 8.47. The van der Waals surface area contributed by atoms with Crippen LogP contribution in [-0.4, -0.2) is 21.0 Å². The number of hydrogen-bond donors (Lipinski definition) is 2. The average Bonchev–Trinajstić information content (AvgIpc) is 3.00. The minimum Gasteiger partial charge on any atom is -0.477 e. The topological polar surface area (TPSA) is 66.0 Å². The second-order valence-electron chi connectivity index (χ2n) is 6.39. The fraction of sp³-hybridized carbons (Fsp3) is 0.0909. The normalized spacial score (nSPS) is 11.0. The van der Waals surface area contributed by atoms with Crippen LogP contribution in [0.25, 0.3) is 22.2 Å². The van der Waals surface area contributed by atoms with Crippen LogP contribution in [0.3, 0.4) is 0 Å². The number of carbonyl (C=O) groups is 1. The van der Waals surface area contributed by atoms with Crippen molar-refractivity contribution in [2.24, 2.45) is 0 Å². The van der Waals surface area contributed by atoms with Crippen LogP contribution in [0.1, 0.15) is 27.3 Å². The Kier molecular flexibility index (Phi) is 4.01. The maximum absolute atomic E-state index is 11.2. The van der Waals surface area contributed by atoms with Crippen molar-refractivity contribution in [3.63, 3.8) is 0 Å². The maximum atomic E-state index is 11.2. The molecule has 0 saturated carbocycles. The molecule has 0 spiro atoms. The Bertz CT molecular complexity index is 1100. The Labute approximate surface area is 151 Å². The van der Waals surface area contributed by atoms with E-state index in [1.807, 2.05) is 24.3 Å². The molecule has 0 saturated heterocycles. The molecule has 0 aliphatic carbocycles. The molecule has 2 aromatic heterocycles. The van der Waals surface area contributed by atoms with Gasteiger partial charge in [0.15, 0.2) is 0 Å². The van der Waals surface area contributed by atoms with Crippen molar-refractivity contribution in [2.75, 3.05) is 0 Å². The van der Waals surface area contributed by atoms with Crippen LogP contribution < -0.4 is 0 Å². The molecule has 2 aromatic carbocycles. The number of carboxylic acids is 1. The second kappa shape index (κ2) is 6.48. The summed E-state index contributed by atoms with van der Waals surface area (Å²) in [6.07, 6.45) is 0.564. The van der Waals surface area contributed by atoms with Gasteiger partial charge in [-0.1, -0.05) is 48.5 Å². The summed E-state index contributed by atoms with van der Waals surface area (Å²) in [6.45, 7) is 2.07. The zero-order chi connectivity index (χ0) is 18.1. The number of aromatic amines is 1. The molecule has 4 aromatic rings. The predicted molar refractivity (Wildman–Crippen MR) is 102 cm³/mol. The third-order valence-electron chi connectivity index (χ3n) is 4.51. The van der Waals surface area contributed by atoms with Gasteiger partial charge in [0.1, 0.15) is 5.69 Å². The lowest BCUT2D eigenvalue weighted by Crippen LogP contribution is -2.03. The highest BCUT2D eigenvalue weighted by molar-refractivity contribution is 5.91. The number of fused-ring (bicyclic) bond motifs is 1. The first-order chi connectivity index (χ1) is 12.6. The molecule has 0 aliphatic heterocycles. The van der Waals surface area contributed by atoms with Gasteiger partial charge in [-0.25, -0.2) is 9.78 Å². The van der Waals surface area contributed by atoms with Crippen molar-refractivity contribution >= 4 is 16.9 Å². The highest BCUT2D eigenvalue weighted by atomic mass is 16.4. The molecule has 2 N–H and O–H groups in total. The Morgan fingerprint density at radius 3 is 2.62 bits per heavy atom. The van der Waals surface area contributed by atoms with Crippen LogP contribution in [0.5, 0.6) is 0 Å². The number of nitrogens with zero attached hydrogens (tertiary/aromatic N) is 1. The van der Waals surface area contributed by atoms with Crippen molar-refractivity contribution in [1.82, 2.24) is 9.97 Å². The van der Waals surface area contributed by atoms with Gasteiger partial charge in [-0.05, 0) is 41.8 Å². The van der Waals surface area contributed by atoms with Crippen LogP contribution in [-0.2, 0) is 6.42 Å². The van der Waals surface area contributed by atoms with E-state index in [1.165, 1.54) is 11.6 Å². The number of aromatic carboxylic acids is 1. The van der Waals surface area contributed by atoms with Crippen LogP contribution in [0.2, 0.25) is 0 Å². The van der Waals surface area contributed by atoms with Gasteiger partial charge in [0, 0.05) is 23.0 Å². The number of aromatic nitrogens is 2. The Morgan fingerprint density at radius 2 is 1.85 bits per heavy atom. The number of benzene rings is 2. The lowest BCUT2D eigenvalue weighted by Gasteiger charge is -2.06. The lowest BCUT2D eigenvalue weighted by molar-refractivity contribution is 0.0690. The highest BCUT2D eigenvalue weighted by Crippen LogP contribution is 2.32. The largest absolute Gasteiger partial charge is 0.477 e. The van der Waals surface area contributed by atoms with Crippen molar-refractivity contribution in [1.29, 1.82) is 0 Å². The minimum atomic E-state index is -1.01. The van der Waals surface area contributed by atoms with E-state index in [-0.39, 0.29) is 5.69 Å². The summed E-state index contributed by atoms with van der Waals surface area (Å²) in [5, 5.41) is 10.3. The molecule has 0 amide bonds. The first kappa shape index (κ1) is 16.1. The standard InChI is InChI=1S/C22H18N2O2/c1-14-10-11-17-18(13-16-8-5-9-19(23-16)22(25)26)21(24-20(17)12-14)15-6-3-2-4-7-15/h2-12,24H,13H2,1H3,(H,25,26). The number of H-pyrrole nitrogens is 1. The summed E-state index contributed by atoms with van der Waals surface area (Å²) in [6, 6.07) is 21.6. The SMILES string of the molecule is Cc1ccc2c(Cc3cccc(C(=O)O)n3)c(-c3ccccc3)[nH]c2c1. The molecule has 4 heteroatoms. The van der Waals surface area contributed by atoms with Gasteiger partial charge < -0.3 is 10.1 Å². The lowest BCUT2D eigenvalue weighted by atomic mass is 10.0. The van der Waals surface area contributed by atoms with E-state index in [0.29, 0.717) is 6.42 Å². The van der Waals surface area contributed by atoms with E-state index in [4.69, 9.17) is 0 Å². The van der Waals surface area contributed by atoms with Gasteiger partial charge in [-0.3, -0.25) is 0 Å². The second-order valence-corrected chi connectivity index (χ2v) is 6.39. The van der Waals surface area contributed by atoms with Gasteiger partial charge in [-0.2, -0.15) is 0 Å². The molecular formula is C22H18N2O2. The van der Waals surface area contributed by atoms with Gasteiger partial charge in [0.05, 0.1) is 5.69 Å². The Balaban J connectivity index is 1.87. The summed E-state index contributed by atoms with van der Waals surface area (Å²) in [7, 11) is 0. The molecule has 128 valence electrons. The molecule has 4 nitrogen and oxygen atoms in total. The van der Waals surface area contributed by atoms with Crippen LogP contribution >= 0.6 is 0 Å². The van der Waals surface area contributed by atoms with E-state index < -0.39 is 5.97 Å². The van der Waals surface area contributed by atoms with Gasteiger partial charge >= 0.3 is 5.97 Å². The van der Waals surface area contributed by atoms with Gasteiger partial charge in [-0.15, -0.1) is 0 Å². The monoisotopic (exact) mass is 342 g/mol. The smallest absolute Gasteiger partial charge is 0.354 e. The summed E-state index contributed by atoms with van der Waals surface area (Å²) >= 11 is 0. The third-order valence-corrected chi connectivity index (χ3v) is 4.51. The number of pyridine rings is 1. The average molecular weight is 342 g/mol. The molecule has 0 unspecified atom stereocenters. The summed E-state index contributed by atoms with van der Waals surface area (Å²) in [4.78, 5) is 19.1. The predicted octanol–water partition coefficient (Wildman–Crippen LogP) is 4.83. The zero-order valence-corrected chi connectivity index (χ0v) is 14.4. The third kappa shape index (κ3) is 2.97. The van der Waals surface area contributed by atoms with Crippen molar-refractivity contribution in [2.45, 2.75) is 13.3 Å². The van der Waals surface area contributed by atoms with E-state index in [2.05, 4.69) is 47.2 Å². The number of aryl methyl sites for hydroxylation is 1. The summed E-state index contributed by atoms with van der Waals surface area (Å²) in [5.74, 6) is -1.01. The number of carboxylic acid groups (broad SMARTS) is 1. The molecule has 2 heterocycles. The minimum absolute atomic E-state index is 0.0689. The molecule has 0 radical (unpaired) electrons. The first-order valence-electron chi connectivity index (χ1n) is 8.47. The number of hydrogen-bond acceptors (Lipinski definition) is 2. The van der Waals surface area contributed by atoms with Crippen LogP contribution in [0.4, 0.5) is 0 Å². The number of nitrogens with one attached hydrogen (secondary N) is 1. The molecule has 26 heavy (non-hydrogen) atoms. The zero-order valence-electron chi connectivity index (χ0n) is 14.4.